The first-order valence-electron chi connectivity index (χ1n) is 7.07. The third-order valence-electron chi connectivity index (χ3n) is 2.89. The molecule has 0 amide bonds. The van der Waals surface area contributed by atoms with Crippen LogP contribution in [0.25, 0.3) is 0 Å². The zero-order valence-corrected chi connectivity index (χ0v) is 15.6. The minimum atomic E-state index is 0.512. The van der Waals surface area contributed by atoms with Crippen LogP contribution in [0.1, 0.15) is 0 Å². The maximum atomic E-state index is 6.06. The van der Waals surface area contributed by atoms with Crippen LogP contribution < -0.4 is 10.1 Å². The molecule has 0 saturated carbocycles. The van der Waals surface area contributed by atoms with Gasteiger partial charge in [0.1, 0.15) is 5.75 Å². The molecule has 1 heterocycles. The first-order valence-corrected chi connectivity index (χ1v) is 9.63. The molecule has 0 fully saturated rings. The Labute approximate surface area is 158 Å². The molecule has 0 saturated heterocycles. The molecule has 0 spiro atoms. The standard InChI is InChI=1S/C16H13Cl2N3OS2/c17-11-6-7-14(13(18)10-11)22-8-9-23-16-21-20-15(24-16)19-12-4-2-1-3-5-12/h1-7,10H,8-9H2,(H,19,20). The lowest BCUT2D eigenvalue weighted by atomic mass is 10.3. The van der Waals surface area contributed by atoms with Gasteiger partial charge in [0, 0.05) is 16.5 Å². The Bertz CT molecular complexity index is 799. The Morgan fingerprint density at radius 3 is 2.71 bits per heavy atom. The zero-order chi connectivity index (χ0) is 16.8. The summed E-state index contributed by atoms with van der Waals surface area (Å²) in [7, 11) is 0. The fourth-order valence-electron chi connectivity index (χ4n) is 1.84. The second-order valence-electron chi connectivity index (χ2n) is 4.64. The van der Waals surface area contributed by atoms with Crippen molar-refractivity contribution in [1.29, 1.82) is 0 Å². The number of rotatable bonds is 7. The van der Waals surface area contributed by atoms with E-state index >= 15 is 0 Å². The number of hydrogen-bond acceptors (Lipinski definition) is 6. The average Bonchev–Trinajstić information content (AvgIpc) is 3.01. The Hall–Kier alpha value is -1.47. The molecule has 0 aliphatic carbocycles. The summed E-state index contributed by atoms with van der Waals surface area (Å²) in [6.45, 7) is 0.521. The summed E-state index contributed by atoms with van der Waals surface area (Å²) in [6, 6.07) is 15.1. The summed E-state index contributed by atoms with van der Waals surface area (Å²) in [5.41, 5.74) is 0.992. The normalized spacial score (nSPS) is 10.6. The van der Waals surface area contributed by atoms with Crippen LogP contribution in [0.2, 0.25) is 10.0 Å². The number of aromatic nitrogens is 2. The first kappa shape index (κ1) is 17.4. The molecule has 1 N–H and O–H groups in total. The molecule has 3 aromatic rings. The molecule has 0 aliphatic rings. The highest BCUT2D eigenvalue weighted by Crippen LogP contribution is 2.29. The van der Waals surface area contributed by atoms with Crippen molar-refractivity contribution in [3.05, 3.63) is 58.6 Å². The van der Waals surface area contributed by atoms with Crippen molar-refractivity contribution < 1.29 is 4.74 Å². The van der Waals surface area contributed by atoms with Crippen molar-refractivity contribution in [2.45, 2.75) is 4.34 Å². The Balaban J connectivity index is 1.45. The predicted molar refractivity (Wildman–Crippen MR) is 102 cm³/mol. The van der Waals surface area contributed by atoms with Crippen LogP contribution in [0.3, 0.4) is 0 Å². The molecule has 8 heteroatoms. The smallest absolute Gasteiger partial charge is 0.210 e. The van der Waals surface area contributed by atoms with E-state index in [4.69, 9.17) is 27.9 Å². The molecule has 0 bridgehead atoms. The quantitative estimate of drug-likeness (QED) is 0.405. The molecule has 0 aliphatic heterocycles. The third-order valence-corrected chi connectivity index (χ3v) is 5.36. The average molecular weight is 398 g/mol. The Morgan fingerprint density at radius 2 is 1.92 bits per heavy atom. The van der Waals surface area contributed by atoms with Crippen LogP contribution in [0.5, 0.6) is 5.75 Å². The maximum Gasteiger partial charge on any atom is 0.210 e. The highest BCUT2D eigenvalue weighted by atomic mass is 35.5. The van der Waals surface area contributed by atoms with Crippen molar-refractivity contribution in [3.8, 4) is 5.75 Å². The number of ether oxygens (including phenoxy) is 1. The summed E-state index contributed by atoms with van der Waals surface area (Å²) in [6.07, 6.45) is 0. The lowest BCUT2D eigenvalue weighted by Crippen LogP contribution is -2.00. The number of benzene rings is 2. The van der Waals surface area contributed by atoms with E-state index in [1.807, 2.05) is 30.3 Å². The molecule has 0 unspecified atom stereocenters. The van der Waals surface area contributed by atoms with E-state index in [0.717, 1.165) is 20.9 Å². The van der Waals surface area contributed by atoms with Gasteiger partial charge in [-0.2, -0.15) is 0 Å². The van der Waals surface area contributed by atoms with Gasteiger partial charge in [-0.3, -0.25) is 0 Å². The van der Waals surface area contributed by atoms with Gasteiger partial charge in [0.05, 0.1) is 11.6 Å². The van der Waals surface area contributed by atoms with Gasteiger partial charge in [-0.15, -0.1) is 10.2 Å². The number of nitrogens with zero attached hydrogens (tertiary/aromatic N) is 2. The Kier molecular flexibility index (Phi) is 6.20. The highest BCUT2D eigenvalue weighted by molar-refractivity contribution is 8.01. The van der Waals surface area contributed by atoms with Gasteiger partial charge in [-0.25, -0.2) is 0 Å². The largest absolute Gasteiger partial charge is 0.491 e. The second-order valence-corrected chi connectivity index (χ2v) is 7.80. The molecule has 0 radical (unpaired) electrons. The molecule has 1 aromatic heterocycles. The van der Waals surface area contributed by atoms with E-state index < -0.39 is 0 Å². The van der Waals surface area contributed by atoms with Gasteiger partial charge in [0.25, 0.3) is 0 Å². The lowest BCUT2D eigenvalue weighted by Gasteiger charge is -2.07. The number of anilines is 2. The molecular formula is C16H13Cl2N3OS2. The van der Waals surface area contributed by atoms with Crippen LogP contribution in [-0.4, -0.2) is 22.6 Å². The SMILES string of the molecule is Clc1ccc(OCCSc2nnc(Nc3ccccc3)s2)c(Cl)c1. The van der Waals surface area contributed by atoms with Crippen LogP contribution in [-0.2, 0) is 0 Å². The van der Waals surface area contributed by atoms with Crippen molar-refractivity contribution in [1.82, 2.24) is 10.2 Å². The molecule has 124 valence electrons. The zero-order valence-electron chi connectivity index (χ0n) is 12.4. The van der Waals surface area contributed by atoms with E-state index in [1.54, 1.807) is 30.0 Å². The number of halogens is 2. The lowest BCUT2D eigenvalue weighted by molar-refractivity contribution is 0.344. The summed E-state index contributed by atoms with van der Waals surface area (Å²) in [4.78, 5) is 0. The fraction of sp³-hybridized carbons (Fsp3) is 0.125. The summed E-state index contributed by atoms with van der Waals surface area (Å²) in [5.74, 6) is 1.38. The van der Waals surface area contributed by atoms with Gasteiger partial charge in [-0.05, 0) is 30.3 Å². The minimum Gasteiger partial charge on any atom is -0.491 e. The topological polar surface area (TPSA) is 47.0 Å². The van der Waals surface area contributed by atoms with E-state index in [0.29, 0.717) is 22.4 Å². The maximum absolute atomic E-state index is 6.06. The number of para-hydroxylation sites is 1. The predicted octanol–water partition coefficient (Wildman–Crippen LogP) is 5.76. The number of thioether (sulfide) groups is 1. The molecule has 4 nitrogen and oxygen atoms in total. The number of hydrogen-bond donors (Lipinski definition) is 1. The summed E-state index contributed by atoms with van der Waals surface area (Å²) >= 11 is 15.0. The van der Waals surface area contributed by atoms with Crippen LogP contribution in [0, 0.1) is 0 Å². The van der Waals surface area contributed by atoms with E-state index in [-0.39, 0.29) is 0 Å². The van der Waals surface area contributed by atoms with Crippen molar-refractivity contribution in [2.24, 2.45) is 0 Å². The van der Waals surface area contributed by atoms with Gasteiger partial charge < -0.3 is 10.1 Å². The molecular weight excluding hydrogens is 385 g/mol. The monoisotopic (exact) mass is 397 g/mol. The van der Waals surface area contributed by atoms with Crippen LogP contribution in [0.15, 0.2) is 52.9 Å². The van der Waals surface area contributed by atoms with E-state index in [9.17, 15) is 0 Å². The molecule has 24 heavy (non-hydrogen) atoms. The fourth-order valence-corrected chi connectivity index (χ4v) is 3.96. The molecule has 0 atom stereocenters. The molecule has 2 aromatic carbocycles. The van der Waals surface area contributed by atoms with Crippen molar-refractivity contribution >= 4 is 57.1 Å². The van der Waals surface area contributed by atoms with Gasteiger partial charge >= 0.3 is 0 Å². The van der Waals surface area contributed by atoms with Crippen LogP contribution >= 0.6 is 46.3 Å². The molecule has 3 rings (SSSR count). The Morgan fingerprint density at radius 1 is 1.08 bits per heavy atom. The summed E-state index contributed by atoms with van der Waals surface area (Å²) < 4.78 is 6.53. The van der Waals surface area contributed by atoms with Gasteiger partial charge in [0.15, 0.2) is 4.34 Å². The highest BCUT2D eigenvalue weighted by Gasteiger charge is 2.06. The van der Waals surface area contributed by atoms with Gasteiger partial charge in [0.2, 0.25) is 5.13 Å². The first-order chi connectivity index (χ1) is 11.7. The van der Waals surface area contributed by atoms with E-state index in [2.05, 4.69) is 15.5 Å². The minimum absolute atomic E-state index is 0.512. The van der Waals surface area contributed by atoms with E-state index in [1.165, 1.54) is 11.3 Å². The second kappa shape index (κ2) is 8.58. The third kappa shape index (κ3) is 5.01. The summed E-state index contributed by atoms with van der Waals surface area (Å²) in [5, 5.41) is 13.4. The van der Waals surface area contributed by atoms with Crippen molar-refractivity contribution in [3.63, 3.8) is 0 Å². The number of nitrogens with one attached hydrogen (secondary N) is 1. The van der Waals surface area contributed by atoms with Crippen molar-refractivity contribution in [2.75, 3.05) is 17.7 Å². The van der Waals surface area contributed by atoms with Gasteiger partial charge in [-0.1, -0.05) is 64.5 Å². The van der Waals surface area contributed by atoms with Crippen LogP contribution in [0.4, 0.5) is 10.8 Å².